The second-order valence-electron chi connectivity index (χ2n) is 7.26. The second-order valence-corrected chi connectivity index (χ2v) is 7.26. The zero-order chi connectivity index (χ0) is 22.2. The van der Waals surface area contributed by atoms with Gasteiger partial charge in [-0.2, -0.15) is 0 Å². The van der Waals surface area contributed by atoms with E-state index in [0.29, 0.717) is 13.0 Å². The number of carbonyl (C=O) groups is 3. The van der Waals surface area contributed by atoms with Gasteiger partial charge in [-0.25, -0.2) is 4.79 Å². The Labute approximate surface area is 181 Å². The van der Waals surface area contributed by atoms with Crippen LogP contribution in [0.2, 0.25) is 0 Å². The zero-order valence-corrected chi connectivity index (χ0v) is 17.4. The summed E-state index contributed by atoms with van der Waals surface area (Å²) in [5, 5.41) is 11.5. The van der Waals surface area contributed by atoms with Gasteiger partial charge in [-0.05, 0) is 28.7 Å². The van der Waals surface area contributed by atoms with Gasteiger partial charge >= 0.3 is 12.1 Å². The van der Waals surface area contributed by atoms with Crippen LogP contribution in [0.1, 0.15) is 30.4 Å². The first-order chi connectivity index (χ1) is 15.0. The van der Waals surface area contributed by atoms with E-state index in [2.05, 4.69) is 29.6 Å². The van der Waals surface area contributed by atoms with E-state index in [1.165, 1.54) is 17.1 Å². The number of nitrogens with one attached hydrogen (secondary N) is 1. The van der Waals surface area contributed by atoms with E-state index >= 15 is 0 Å². The predicted octanol–water partition coefficient (Wildman–Crippen LogP) is 3.40. The third kappa shape index (κ3) is 5.51. The van der Waals surface area contributed by atoms with E-state index in [4.69, 9.17) is 9.84 Å². The van der Waals surface area contributed by atoms with E-state index in [-0.39, 0.29) is 25.6 Å². The molecule has 31 heavy (non-hydrogen) atoms. The van der Waals surface area contributed by atoms with Crippen molar-refractivity contribution < 1.29 is 24.2 Å². The molecule has 0 bridgehead atoms. The molecule has 2 aromatic carbocycles. The molecule has 2 N–H and O–H groups in total. The van der Waals surface area contributed by atoms with Gasteiger partial charge in [0.2, 0.25) is 5.91 Å². The first kappa shape index (κ1) is 22.1. The number of fused-ring (bicyclic) bond motifs is 3. The monoisotopic (exact) mass is 422 g/mol. The van der Waals surface area contributed by atoms with Crippen LogP contribution in [0.5, 0.6) is 0 Å². The molecule has 0 heterocycles. The molecule has 1 aliphatic rings. The molecule has 0 aliphatic heterocycles. The lowest BCUT2D eigenvalue weighted by atomic mass is 9.98. The number of carboxylic acid groups (broad SMARTS) is 1. The predicted molar refractivity (Wildman–Crippen MR) is 117 cm³/mol. The third-order valence-electron chi connectivity index (χ3n) is 5.10. The third-order valence-corrected chi connectivity index (χ3v) is 5.10. The topological polar surface area (TPSA) is 95.9 Å². The lowest BCUT2D eigenvalue weighted by Crippen LogP contribution is -2.35. The number of ether oxygens (including phenoxy) is 1. The zero-order valence-electron chi connectivity index (χ0n) is 17.4. The highest BCUT2D eigenvalue weighted by molar-refractivity contribution is 5.90. The van der Waals surface area contributed by atoms with Crippen LogP contribution in [0.4, 0.5) is 4.79 Å². The van der Waals surface area contributed by atoms with Crippen LogP contribution in [-0.4, -0.2) is 54.2 Å². The van der Waals surface area contributed by atoms with Crippen LogP contribution >= 0.6 is 0 Å². The van der Waals surface area contributed by atoms with Gasteiger partial charge in [0.05, 0.1) is 0 Å². The fourth-order valence-corrected chi connectivity index (χ4v) is 3.76. The number of amides is 2. The van der Waals surface area contributed by atoms with Gasteiger partial charge in [0, 0.05) is 25.1 Å². The van der Waals surface area contributed by atoms with Crippen molar-refractivity contribution in [3.05, 3.63) is 71.8 Å². The van der Waals surface area contributed by atoms with Crippen LogP contribution in [0.25, 0.3) is 11.1 Å². The number of carboxylic acids is 1. The fourth-order valence-electron chi connectivity index (χ4n) is 3.76. The first-order valence-corrected chi connectivity index (χ1v) is 10.3. The summed E-state index contributed by atoms with van der Waals surface area (Å²) < 4.78 is 5.43. The molecule has 0 saturated heterocycles. The summed E-state index contributed by atoms with van der Waals surface area (Å²) in [5.74, 6) is -1.49. The number of benzene rings is 2. The Morgan fingerprint density at radius 2 is 1.68 bits per heavy atom. The minimum Gasteiger partial charge on any atom is -0.480 e. The standard InChI is InChI=1S/C24H26N2O5/c1-2-14-26(15-23(28)29)22(27)12-7-13-25-24(30)31-16-21-19-10-5-3-8-17(19)18-9-4-6-11-20(18)21/h3-12,21H,2,13-16H2,1H3,(H,25,30)(H,28,29)/b12-7+. The number of nitrogens with zero attached hydrogens (tertiary/aromatic N) is 1. The number of hydrogen-bond donors (Lipinski definition) is 2. The Morgan fingerprint density at radius 1 is 1.06 bits per heavy atom. The number of aliphatic carboxylic acids is 1. The van der Waals surface area contributed by atoms with Gasteiger partial charge < -0.3 is 20.1 Å². The molecular weight excluding hydrogens is 396 g/mol. The highest BCUT2D eigenvalue weighted by Crippen LogP contribution is 2.44. The summed E-state index contributed by atoms with van der Waals surface area (Å²) in [6.07, 6.45) is 2.83. The van der Waals surface area contributed by atoms with Crippen molar-refractivity contribution in [1.29, 1.82) is 0 Å². The van der Waals surface area contributed by atoms with Crippen molar-refractivity contribution in [1.82, 2.24) is 10.2 Å². The van der Waals surface area contributed by atoms with Gasteiger partial charge in [0.15, 0.2) is 0 Å². The molecule has 7 heteroatoms. The normalized spacial score (nSPS) is 12.3. The fraction of sp³-hybridized carbons (Fsp3) is 0.292. The van der Waals surface area contributed by atoms with E-state index < -0.39 is 18.0 Å². The molecule has 1 aliphatic carbocycles. The Morgan fingerprint density at radius 3 is 2.26 bits per heavy atom. The average molecular weight is 422 g/mol. The van der Waals surface area contributed by atoms with Gasteiger partial charge in [0.1, 0.15) is 13.2 Å². The van der Waals surface area contributed by atoms with Gasteiger partial charge in [-0.1, -0.05) is 61.5 Å². The number of rotatable bonds is 9. The maximum atomic E-state index is 12.1. The van der Waals surface area contributed by atoms with E-state index in [1.807, 2.05) is 31.2 Å². The van der Waals surface area contributed by atoms with Crippen molar-refractivity contribution in [2.24, 2.45) is 0 Å². The summed E-state index contributed by atoms with van der Waals surface area (Å²) in [6.45, 7) is 2.19. The van der Waals surface area contributed by atoms with Crippen molar-refractivity contribution in [2.75, 3.05) is 26.2 Å². The minimum absolute atomic E-state index is 0.0195. The summed E-state index contributed by atoms with van der Waals surface area (Å²) in [6, 6.07) is 16.2. The lowest BCUT2D eigenvalue weighted by Gasteiger charge is -2.17. The Kier molecular flexibility index (Phi) is 7.43. The van der Waals surface area contributed by atoms with Crippen LogP contribution in [0.15, 0.2) is 60.7 Å². The largest absolute Gasteiger partial charge is 0.480 e. The molecule has 0 aromatic heterocycles. The molecule has 0 unspecified atom stereocenters. The quantitative estimate of drug-likeness (QED) is 0.604. The van der Waals surface area contributed by atoms with Crippen LogP contribution in [0.3, 0.4) is 0 Å². The molecule has 162 valence electrons. The lowest BCUT2D eigenvalue weighted by molar-refractivity contribution is -0.142. The average Bonchev–Trinajstić information content (AvgIpc) is 3.08. The minimum atomic E-state index is -1.06. The summed E-state index contributed by atoms with van der Waals surface area (Å²) >= 11 is 0. The van der Waals surface area contributed by atoms with Crippen LogP contribution in [-0.2, 0) is 14.3 Å². The van der Waals surface area contributed by atoms with E-state index in [9.17, 15) is 14.4 Å². The molecule has 0 saturated carbocycles. The molecule has 2 amide bonds. The highest BCUT2D eigenvalue weighted by Gasteiger charge is 2.28. The number of carbonyl (C=O) groups excluding carboxylic acids is 2. The summed E-state index contributed by atoms with van der Waals surface area (Å²) in [4.78, 5) is 36.3. The second kappa shape index (κ2) is 10.4. The maximum Gasteiger partial charge on any atom is 0.407 e. The van der Waals surface area contributed by atoms with E-state index in [0.717, 1.165) is 22.3 Å². The summed E-state index contributed by atoms with van der Waals surface area (Å²) in [5.41, 5.74) is 4.59. The molecular formula is C24H26N2O5. The molecule has 0 spiro atoms. The Hall–Kier alpha value is -3.61. The van der Waals surface area contributed by atoms with Gasteiger partial charge in [-0.3, -0.25) is 9.59 Å². The van der Waals surface area contributed by atoms with Gasteiger partial charge in [0.25, 0.3) is 0 Å². The van der Waals surface area contributed by atoms with Crippen molar-refractivity contribution >= 4 is 18.0 Å². The molecule has 0 radical (unpaired) electrons. The number of hydrogen-bond acceptors (Lipinski definition) is 4. The summed E-state index contributed by atoms with van der Waals surface area (Å²) in [7, 11) is 0. The molecule has 2 aromatic rings. The van der Waals surface area contributed by atoms with Crippen molar-refractivity contribution in [3.63, 3.8) is 0 Å². The van der Waals surface area contributed by atoms with Crippen molar-refractivity contribution in [2.45, 2.75) is 19.3 Å². The Balaban J connectivity index is 1.50. The van der Waals surface area contributed by atoms with Crippen molar-refractivity contribution in [3.8, 4) is 11.1 Å². The SMILES string of the molecule is CCCN(CC(=O)O)C(=O)/C=C/CNC(=O)OCC1c2ccccc2-c2ccccc21. The number of alkyl carbamates (subject to hydrolysis) is 1. The smallest absolute Gasteiger partial charge is 0.407 e. The molecule has 7 nitrogen and oxygen atoms in total. The van der Waals surface area contributed by atoms with Crippen LogP contribution in [0, 0.1) is 0 Å². The molecule has 0 fully saturated rings. The van der Waals surface area contributed by atoms with Gasteiger partial charge in [-0.15, -0.1) is 0 Å². The van der Waals surface area contributed by atoms with Crippen LogP contribution < -0.4 is 5.32 Å². The molecule has 0 atom stereocenters. The highest BCUT2D eigenvalue weighted by atomic mass is 16.5. The maximum absolute atomic E-state index is 12.1. The molecule has 3 rings (SSSR count). The Bertz CT molecular complexity index is 940. The first-order valence-electron chi connectivity index (χ1n) is 10.3. The van der Waals surface area contributed by atoms with E-state index in [1.54, 1.807) is 0 Å².